The molecule has 0 bridgehead atoms. The van der Waals surface area contributed by atoms with E-state index in [9.17, 15) is 9.59 Å². The molecule has 26 heavy (non-hydrogen) atoms. The predicted octanol–water partition coefficient (Wildman–Crippen LogP) is 2.27. The van der Waals surface area contributed by atoms with Crippen molar-refractivity contribution in [3.8, 4) is 22.9 Å². The van der Waals surface area contributed by atoms with E-state index in [4.69, 9.17) is 11.0 Å². The van der Waals surface area contributed by atoms with Crippen molar-refractivity contribution in [2.24, 2.45) is 5.73 Å². The highest BCUT2D eigenvalue weighted by atomic mass is 16.1. The third kappa shape index (κ3) is 3.44. The van der Waals surface area contributed by atoms with Crippen LogP contribution in [0.1, 0.15) is 16.1 Å². The quantitative estimate of drug-likeness (QED) is 0.667. The highest BCUT2D eigenvalue weighted by molar-refractivity contribution is 5.98. The summed E-state index contributed by atoms with van der Waals surface area (Å²) >= 11 is 0. The maximum atomic E-state index is 11.4. The van der Waals surface area contributed by atoms with Crippen molar-refractivity contribution in [3.63, 3.8) is 0 Å². The SMILES string of the molecule is N#CCc1cccc(-c2ccc(-n3cc(NC=O)c(C(N)=O)n3)cc2)c1. The van der Waals surface area contributed by atoms with Gasteiger partial charge in [0.25, 0.3) is 5.91 Å². The smallest absolute Gasteiger partial charge is 0.271 e. The first kappa shape index (κ1) is 16.9. The van der Waals surface area contributed by atoms with E-state index in [0.717, 1.165) is 16.7 Å². The third-order valence-corrected chi connectivity index (χ3v) is 3.84. The van der Waals surface area contributed by atoms with Gasteiger partial charge in [0.05, 0.1) is 30.1 Å². The number of anilines is 1. The summed E-state index contributed by atoms with van der Waals surface area (Å²) in [5, 5.41) is 15.4. The lowest BCUT2D eigenvalue weighted by Crippen LogP contribution is -2.14. The maximum absolute atomic E-state index is 11.4. The molecule has 0 aliphatic rings. The Morgan fingerprint density at radius 2 is 2.00 bits per heavy atom. The van der Waals surface area contributed by atoms with Gasteiger partial charge in [-0.15, -0.1) is 0 Å². The van der Waals surface area contributed by atoms with Crippen molar-refractivity contribution in [1.82, 2.24) is 9.78 Å². The van der Waals surface area contributed by atoms with Crippen LogP contribution >= 0.6 is 0 Å². The zero-order valence-corrected chi connectivity index (χ0v) is 13.7. The van der Waals surface area contributed by atoms with Crippen LogP contribution in [0, 0.1) is 11.3 Å². The fourth-order valence-corrected chi connectivity index (χ4v) is 2.62. The van der Waals surface area contributed by atoms with E-state index in [2.05, 4.69) is 16.5 Å². The molecule has 1 heterocycles. The number of hydrogen-bond donors (Lipinski definition) is 2. The Hall–Kier alpha value is -3.92. The Bertz CT molecular complexity index is 1000. The summed E-state index contributed by atoms with van der Waals surface area (Å²) in [5.74, 6) is -0.723. The zero-order chi connectivity index (χ0) is 18.5. The minimum Gasteiger partial charge on any atom is -0.364 e. The average Bonchev–Trinajstić information content (AvgIpc) is 3.07. The fraction of sp³-hybridized carbons (Fsp3) is 0.0526. The van der Waals surface area contributed by atoms with E-state index in [-0.39, 0.29) is 11.4 Å². The second-order valence-electron chi connectivity index (χ2n) is 5.54. The highest BCUT2D eigenvalue weighted by Crippen LogP contribution is 2.23. The first-order valence-electron chi connectivity index (χ1n) is 7.78. The van der Waals surface area contributed by atoms with Gasteiger partial charge in [-0.05, 0) is 28.8 Å². The molecule has 1 aromatic heterocycles. The number of nitrogens with zero attached hydrogens (tertiary/aromatic N) is 3. The van der Waals surface area contributed by atoms with Crippen LogP contribution in [-0.4, -0.2) is 22.1 Å². The molecule has 0 radical (unpaired) electrons. The Morgan fingerprint density at radius 3 is 2.65 bits per heavy atom. The largest absolute Gasteiger partial charge is 0.364 e. The molecule has 0 saturated carbocycles. The molecule has 2 aromatic carbocycles. The van der Waals surface area contributed by atoms with Crippen LogP contribution in [0.25, 0.3) is 16.8 Å². The molecule has 0 aliphatic heterocycles. The van der Waals surface area contributed by atoms with Crippen molar-refractivity contribution >= 4 is 18.0 Å². The molecule has 0 aliphatic carbocycles. The molecule has 0 atom stereocenters. The molecule has 0 fully saturated rings. The number of benzene rings is 2. The first-order valence-corrected chi connectivity index (χ1v) is 7.78. The van der Waals surface area contributed by atoms with Gasteiger partial charge in [0.15, 0.2) is 5.69 Å². The summed E-state index contributed by atoms with van der Waals surface area (Å²) in [7, 11) is 0. The van der Waals surface area contributed by atoms with Crippen LogP contribution in [0.2, 0.25) is 0 Å². The van der Waals surface area contributed by atoms with Crippen molar-refractivity contribution < 1.29 is 9.59 Å². The summed E-state index contributed by atoms with van der Waals surface area (Å²) in [5.41, 5.74) is 9.18. The van der Waals surface area contributed by atoms with Crippen molar-refractivity contribution in [3.05, 3.63) is 66.0 Å². The summed E-state index contributed by atoms with van der Waals surface area (Å²) in [6.07, 6.45) is 2.35. The number of carbonyl (C=O) groups excluding carboxylic acids is 2. The Morgan fingerprint density at radius 1 is 1.23 bits per heavy atom. The van der Waals surface area contributed by atoms with Gasteiger partial charge in [-0.2, -0.15) is 10.4 Å². The Labute approximate surface area is 149 Å². The molecule has 3 N–H and O–H groups in total. The summed E-state index contributed by atoms with van der Waals surface area (Å²) in [4.78, 5) is 22.1. The van der Waals surface area contributed by atoms with Gasteiger partial charge in [0.1, 0.15) is 0 Å². The maximum Gasteiger partial charge on any atom is 0.271 e. The number of nitrogens with one attached hydrogen (secondary N) is 1. The van der Waals surface area contributed by atoms with Gasteiger partial charge in [0, 0.05) is 0 Å². The number of amides is 2. The van der Waals surface area contributed by atoms with Crippen LogP contribution in [0.4, 0.5) is 5.69 Å². The lowest BCUT2D eigenvalue weighted by Gasteiger charge is -2.06. The lowest BCUT2D eigenvalue weighted by atomic mass is 10.0. The van der Waals surface area contributed by atoms with E-state index in [1.807, 2.05) is 48.5 Å². The minimum absolute atomic E-state index is 0.00891. The van der Waals surface area contributed by atoms with E-state index >= 15 is 0 Å². The summed E-state index contributed by atoms with van der Waals surface area (Å²) < 4.78 is 1.47. The van der Waals surface area contributed by atoms with Gasteiger partial charge in [0.2, 0.25) is 6.41 Å². The normalized spacial score (nSPS) is 10.1. The van der Waals surface area contributed by atoms with Crippen LogP contribution in [0.5, 0.6) is 0 Å². The molecule has 7 heteroatoms. The molecular formula is C19H15N5O2. The molecule has 0 unspecified atom stereocenters. The van der Waals surface area contributed by atoms with Crippen LogP contribution in [0.15, 0.2) is 54.7 Å². The van der Waals surface area contributed by atoms with E-state index in [0.29, 0.717) is 18.5 Å². The van der Waals surface area contributed by atoms with Crippen molar-refractivity contribution in [1.29, 1.82) is 5.26 Å². The number of rotatable bonds is 6. The molecule has 3 aromatic rings. The Balaban J connectivity index is 1.92. The van der Waals surface area contributed by atoms with E-state index in [1.54, 1.807) is 0 Å². The van der Waals surface area contributed by atoms with E-state index < -0.39 is 5.91 Å². The Kier molecular flexibility index (Phi) is 4.76. The number of primary amides is 1. The summed E-state index contributed by atoms with van der Waals surface area (Å²) in [6.45, 7) is 0. The second kappa shape index (κ2) is 7.32. The van der Waals surface area contributed by atoms with Gasteiger partial charge in [-0.1, -0.05) is 36.4 Å². The number of carbonyl (C=O) groups is 2. The number of nitrogens with two attached hydrogens (primary N) is 1. The molecule has 2 amide bonds. The number of nitriles is 1. The zero-order valence-electron chi connectivity index (χ0n) is 13.7. The number of hydrogen-bond acceptors (Lipinski definition) is 4. The highest BCUT2D eigenvalue weighted by Gasteiger charge is 2.14. The lowest BCUT2D eigenvalue weighted by molar-refractivity contribution is -0.105. The molecule has 3 rings (SSSR count). The third-order valence-electron chi connectivity index (χ3n) is 3.84. The molecule has 0 spiro atoms. The second-order valence-corrected chi connectivity index (χ2v) is 5.54. The van der Waals surface area contributed by atoms with E-state index in [1.165, 1.54) is 10.9 Å². The van der Waals surface area contributed by atoms with Crippen LogP contribution in [-0.2, 0) is 11.2 Å². The molecule has 0 saturated heterocycles. The molecular weight excluding hydrogens is 330 g/mol. The van der Waals surface area contributed by atoms with Crippen LogP contribution in [0.3, 0.4) is 0 Å². The van der Waals surface area contributed by atoms with Gasteiger partial charge in [-0.3, -0.25) is 9.59 Å². The predicted molar refractivity (Wildman–Crippen MR) is 96.5 cm³/mol. The first-order chi connectivity index (χ1) is 12.6. The van der Waals surface area contributed by atoms with Gasteiger partial charge < -0.3 is 11.1 Å². The summed E-state index contributed by atoms with van der Waals surface area (Å²) in [6, 6.07) is 17.4. The standard InChI is InChI=1S/C19H15N5O2/c20-9-8-13-2-1-3-15(10-13)14-4-6-16(7-5-14)24-11-17(22-12-25)18(23-24)19(21)26/h1-7,10-12H,8H2,(H2,21,26)(H,22,25). The molecule has 7 nitrogen and oxygen atoms in total. The van der Waals surface area contributed by atoms with Gasteiger partial charge in [-0.25, -0.2) is 4.68 Å². The molecule has 128 valence electrons. The average molecular weight is 345 g/mol. The monoisotopic (exact) mass is 345 g/mol. The van der Waals surface area contributed by atoms with Gasteiger partial charge >= 0.3 is 0 Å². The fourth-order valence-electron chi connectivity index (χ4n) is 2.62. The van der Waals surface area contributed by atoms with Crippen molar-refractivity contribution in [2.75, 3.05) is 5.32 Å². The topological polar surface area (TPSA) is 114 Å². The van der Waals surface area contributed by atoms with Crippen LogP contribution < -0.4 is 11.1 Å². The minimum atomic E-state index is -0.723. The number of aromatic nitrogens is 2. The van der Waals surface area contributed by atoms with Crippen molar-refractivity contribution in [2.45, 2.75) is 6.42 Å².